The molecule has 0 unspecified atom stereocenters. The van der Waals surface area contributed by atoms with Crippen LogP contribution in [0.4, 0.5) is 5.69 Å². The van der Waals surface area contributed by atoms with Gasteiger partial charge >= 0.3 is 0 Å². The lowest BCUT2D eigenvalue weighted by molar-refractivity contribution is 0.122. The molecule has 0 spiro atoms. The first-order chi connectivity index (χ1) is 10.8. The number of nitrogens with zero attached hydrogens (tertiary/aromatic N) is 2. The molecule has 4 heteroatoms. The fraction of sp³-hybridized carbons (Fsp3) is 0.667. The molecule has 1 saturated carbocycles. The lowest BCUT2D eigenvalue weighted by Crippen LogP contribution is -2.36. The van der Waals surface area contributed by atoms with Crippen LogP contribution >= 0.6 is 0 Å². The molecule has 0 aromatic heterocycles. The summed E-state index contributed by atoms with van der Waals surface area (Å²) in [4.78, 5) is 4.99. The van der Waals surface area contributed by atoms with E-state index in [0.717, 1.165) is 45.4 Å². The van der Waals surface area contributed by atoms with E-state index in [1.807, 2.05) is 0 Å². The molecule has 2 atom stereocenters. The lowest BCUT2D eigenvalue weighted by Gasteiger charge is -2.29. The Labute approximate surface area is 133 Å². The van der Waals surface area contributed by atoms with Gasteiger partial charge in [0.05, 0.1) is 19.8 Å². The molecule has 0 radical (unpaired) electrons. The molecule has 0 bridgehead atoms. The Morgan fingerprint density at radius 1 is 1.23 bits per heavy atom. The zero-order chi connectivity index (χ0) is 15.0. The second kappa shape index (κ2) is 5.84. The van der Waals surface area contributed by atoms with Crippen molar-refractivity contribution in [2.24, 2.45) is 5.92 Å². The summed E-state index contributed by atoms with van der Waals surface area (Å²) in [5.74, 6) is 0.860. The van der Waals surface area contributed by atoms with E-state index in [2.05, 4.69) is 34.1 Å². The number of benzene rings is 1. The standard InChI is InChI=1S/C18H26N2O2/c1-21-9-6-19-13-16-12-18(16,14-19)15-2-4-17(5-3-15)20-7-10-22-11-8-20/h2-5,16H,6-14H2,1H3/t16-,18+/m0/s1. The van der Waals surface area contributed by atoms with Crippen LogP contribution in [0.3, 0.4) is 0 Å². The van der Waals surface area contributed by atoms with Gasteiger partial charge in [-0.05, 0) is 30.0 Å². The number of rotatable bonds is 5. The van der Waals surface area contributed by atoms with Crippen LogP contribution in [0.25, 0.3) is 0 Å². The average Bonchev–Trinajstić information content (AvgIpc) is 3.16. The van der Waals surface area contributed by atoms with Crippen LogP contribution < -0.4 is 4.90 Å². The summed E-state index contributed by atoms with van der Waals surface area (Å²) in [5.41, 5.74) is 3.32. The molecule has 2 aliphatic heterocycles. The highest BCUT2D eigenvalue weighted by Gasteiger charge is 2.60. The molecular formula is C18H26N2O2. The van der Waals surface area contributed by atoms with Crippen LogP contribution in [0.2, 0.25) is 0 Å². The Hall–Kier alpha value is -1.10. The predicted molar refractivity (Wildman–Crippen MR) is 87.6 cm³/mol. The van der Waals surface area contributed by atoms with Gasteiger partial charge in [0.1, 0.15) is 0 Å². The van der Waals surface area contributed by atoms with Gasteiger partial charge in [-0.25, -0.2) is 0 Å². The summed E-state index contributed by atoms with van der Waals surface area (Å²) in [6.45, 7) is 8.09. The van der Waals surface area contributed by atoms with E-state index in [9.17, 15) is 0 Å². The van der Waals surface area contributed by atoms with Crippen molar-refractivity contribution in [1.29, 1.82) is 0 Å². The SMILES string of the molecule is COCCN1C[C@@H]2C[C@]2(c2ccc(N3CCOCC3)cc2)C1. The second-order valence-electron chi connectivity index (χ2n) is 6.93. The van der Waals surface area contributed by atoms with Crippen LogP contribution in [0.5, 0.6) is 0 Å². The highest BCUT2D eigenvalue weighted by molar-refractivity contribution is 5.50. The molecule has 1 aromatic carbocycles. The Morgan fingerprint density at radius 3 is 2.73 bits per heavy atom. The van der Waals surface area contributed by atoms with Gasteiger partial charge in [-0.1, -0.05) is 12.1 Å². The van der Waals surface area contributed by atoms with Gasteiger partial charge in [0.15, 0.2) is 0 Å². The zero-order valence-corrected chi connectivity index (χ0v) is 13.5. The molecule has 120 valence electrons. The fourth-order valence-electron chi connectivity index (χ4n) is 4.25. The van der Waals surface area contributed by atoms with Gasteiger partial charge < -0.3 is 14.4 Å². The topological polar surface area (TPSA) is 24.9 Å². The maximum Gasteiger partial charge on any atom is 0.0642 e. The summed E-state index contributed by atoms with van der Waals surface area (Å²) in [6, 6.07) is 9.35. The highest BCUT2D eigenvalue weighted by Crippen LogP contribution is 2.59. The van der Waals surface area contributed by atoms with Crippen molar-refractivity contribution in [2.75, 3.05) is 64.6 Å². The van der Waals surface area contributed by atoms with E-state index in [1.54, 1.807) is 7.11 Å². The first-order valence-corrected chi connectivity index (χ1v) is 8.46. The predicted octanol–water partition coefficient (Wildman–Crippen LogP) is 1.74. The molecule has 2 heterocycles. The monoisotopic (exact) mass is 302 g/mol. The van der Waals surface area contributed by atoms with Gasteiger partial charge in [-0.15, -0.1) is 0 Å². The Kier molecular flexibility index (Phi) is 3.84. The largest absolute Gasteiger partial charge is 0.383 e. The minimum absolute atomic E-state index is 0.442. The van der Waals surface area contributed by atoms with Crippen molar-refractivity contribution in [3.05, 3.63) is 29.8 Å². The third-order valence-electron chi connectivity index (χ3n) is 5.65. The maximum atomic E-state index is 5.44. The fourth-order valence-corrected chi connectivity index (χ4v) is 4.25. The van der Waals surface area contributed by atoms with E-state index in [4.69, 9.17) is 9.47 Å². The summed E-state index contributed by atoms with van der Waals surface area (Å²) < 4.78 is 10.7. The number of likely N-dealkylation sites (tertiary alicyclic amines) is 1. The van der Waals surface area contributed by atoms with Crippen molar-refractivity contribution in [2.45, 2.75) is 11.8 Å². The van der Waals surface area contributed by atoms with Gasteiger partial charge in [0.25, 0.3) is 0 Å². The molecule has 0 N–H and O–H groups in total. The van der Waals surface area contributed by atoms with Gasteiger partial charge in [0.2, 0.25) is 0 Å². The lowest BCUT2D eigenvalue weighted by atomic mass is 9.94. The number of methoxy groups -OCH3 is 1. The van der Waals surface area contributed by atoms with Crippen LogP contribution in [-0.2, 0) is 14.9 Å². The van der Waals surface area contributed by atoms with E-state index in [1.165, 1.54) is 30.8 Å². The number of ether oxygens (including phenoxy) is 2. The number of morpholine rings is 1. The van der Waals surface area contributed by atoms with E-state index >= 15 is 0 Å². The summed E-state index contributed by atoms with van der Waals surface area (Å²) in [6.07, 6.45) is 1.37. The highest BCUT2D eigenvalue weighted by atomic mass is 16.5. The maximum absolute atomic E-state index is 5.44. The second-order valence-corrected chi connectivity index (χ2v) is 6.93. The number of piperidine rings is 1. The van der Waals surface area contributed by atoms with Crippen LogP contribution in [0.15, 0.2) is 24.3 Å². The smallest absolute Gasteiger partial charge is 0.0642 e. The molecule has 3 aliphatic rings. The van der Waals surface area contributed by atoms with Gasteiger partial charge in [0, 0.05) is 50.9 Å². The van der Waals surface area contributed by atoms with Gasteiger partial charge in [-0.3, -0.25) is 4.90 Å². The van der Waals surface area contributed by atoms with Crippen molar-refractivity contribution in [3.63, 3.8) is 0 Å². The van der Waals surface area contributed by atoms with Crippen molar-refractivity contribution in [3.8, 4) is 0 Å². The first kappa shape index (κ1) is 14.5. The number of hydrogen-bond donors (Lipinski definition) is 0. The number of hydrogen-bond acceptors (Lipinski definition) is 4. The molecular weight excluding hydrogens is 276 g/mol. The molecule has 3 fully saturated rings. The molecule has 4 rings (SSSR count). The summed E-state index contributed by atoms with van der Waals surface area (Å²) >= 11 is 0. The Morgan fingerprint density at radius 2 is 2.00 bits per heavy atom. The molecule has 1 aromatic rings. The average molecular weight is 302 g/mol. The van der Waals surface area contributed by atoms with E-state index < -0.39 is 0 Å². The third-order valence-corrected chi connectivity index (χ3v) is 5.65. The molecule has 0 amide bonds. The quantitative estimate of drug-likeness (QED) is 0.827. The van der Waals surface area contributed by atoms with E-state index in [0.29, 0.717) is 5.41 Å². The Balaban J connectivity index is 1.43. The zero-order valence-electron chi connectivity index (χ0n) is 13.5. The van der Waals surface area contributed by atoms with Crippen LogP contribution in [0, 0.1) is 5.92 Å². The summed E-state index contributed by atoms with van der Waals surface area (Å²) in [7, 11) is 1.79. The minimum atomic E-state index is 0.442. The Bertz CT molecular complexity index is 512. The van der Waals surface area contributed by atoms with Crippen molar-refractivity contribution < 1.29 is 9.47 Å². The summed E-state index contributed by atoms with van der Waals surface area (Å²) in [5, 5.41) is 0. The molecule has 4 nitrogen and oxygen atoms in total. The number of anilines is 1. The van der Waals surface area contributed by atoms with Crippen LogP contribution in [-0.4, -0.2) is 64.6 Å². The molecule has 2 saturated heterocycles. The molecule has 22 heavy (non-hydrogen) atoms. The van der Waals surface area contributed by atoms with Crippen LogP contribution in [0.1, 0.15) is 12.0 Å². The normalized spacial score (nSPS) is 31.3. The van der Waals surface area contributed by atoms with E-state index in [-0.39, 0.29) is 0 Å². The third kappa shape index (κ3) is 2.53. The molecule has 1 aliphatic carbocycles. The van der Waals surface area contributed by atoms with Crippen molar-refractivity contribution >= 4 is 5.69 Å². The van der Waals surface area contributed by atoms with Crippen molar-refractivity contribution in [1.82, 2.24) is 4.90 Å². The minimum Gasteiger partial charge on any atom is -0.383 e. The first-order valence-electron chi connectivity index (χ1n) is 8.46. The van der Waals surface area contributed by atoms with Gasteiger partial charge in [-0.2, -0.15) is 0 Å². The number of fused-ring (bicyclic) bond motifs is 1.